The first-order valence-corrected chi connectivity index (χ1v) is 33.8. The zero-order chi connectivity index (χ0) is 55.0. The van der Waals surface area contributed by atoms with Gasteiger partial charge in [-0.1, -0.05) is 276 Å². The van der Waals surface area contributed by atoms with Crippen LogP contribution in [0.2, 0.25) is 0 Å². The molecule has 2 N–H and O–H groups in total. The van der Waals surface area contributed by atoms with E-state index in [4.69, 9.17) is 13.8 Å². The minimum atomic E-state index is -4.45. The lowest BCUT2D eigenvalue weighted by Gasteiger charge is -2.27. The Balaban J connectivity index is 5.14. The molecule has 10 heteroatoms. The monoisotopic (exact) mass is 1080 g/mol. The molecule has 0 radical (unpaired) electrons. The summed E-state index contributed by atoms with van der Waals surface area (Å²) in [7, 11) is 1.50. The zero-order valence-corrected chi connectivity index (χ0v) is 51.5. The summed E-state index contributed by atoms with van der Waals surface area (Å²) in [5, 5.41) is 3.06. The quantitative estimate of drug-likeness (QED) is 0.0205. The number of phosphoric ester groups is 1. The fourth-order valence-corrected chi connectivity index (χ4v) is 10.3. The summed E-state index contributed by atoms with van der Waals surface area (Å²) >= 11 is 0. The van der Waals surface area contributed by atoms with Crippen LogP contribution in [-0.2, 0) is 27.9 Å². The standard InChI is InChI=1S/C65H125N2O7P/c1-7-10-13-16-19-22-25-27-29-31-32-33-34-36-37-39-42-45-48-51-54-57-64(68)66-62(61-73-75(70,71)72-60-59-67(4,5)6)63(56-53-50-47-44-41-24-21-18-15-12-9-3)74-65(69)58-55-52-49-46-43-40-38-35-30-28-26-23-20-17-14-11-8-2/h20,23,28,30,53,56,62-63H,7-19,21-22,24-27,29,31-52,54-55,57-61H2,1-6H3,(H-,66,68,70,71)/p+1/b23-20-,30-28-,56-53+. The molecule has 3 unspecified atom stereocenters. The first-order chi connectivity index (χ1) is 36.4. The van der Waals surface area contributed by atoms with E-state index in [1.54, 1.807) is 0 Å². The average Bonchev–Trinajstić information content (AvgIpc) is 3.37. The predicted octanol–water partition coefficient (Wildman–Crippen LogP) is 19.9. The lowest BCUT2D eigenvalue weighted by molar-refractivity contribution is -0.870. The molecule has 0 aliphatic heterocycles. The van der Waals surface area contributed by atoms with Gasteiger partial charge in [0.2, 0.25) is 5.91 Å². The second kappa shape index (κ2) is 55.5. The average molecular weight is 1080 g/mol. The second-order valence-corrected chi connectivity index (χ2v) is 24.7. The van der Waals surface area contributed by atoms with Crippen LogP contribution in [0.25, 0.3) is 0 Å². The maximum absolute atomic E-state index is 13.6. The van der Waals surface area contributed by atoms with Crippen LogP contribution in [0.15, 0.2) is 36.5 Å². The Bertz CT molecular complexity index is 1380. The molecule has 442 valence electrons. The third kappa shape index (κ3) is 56.8. The lowest BCUT2D eigenvalue weighted by atomic mass is 10.0. The molecule has 1 amide bonds. The fraction of sp³-hybridized carbons (Fsp3) is 0.877. The van der Waals surface area contributed by atoms with Gasteiger partial charge in [0.25, 0.3) is 0 Å². The van der Waals surface area contributed by atoms with Crippen molar-refractivity contribution >= 4 is 19.7 Å². The van der Waals surface area contributed by atoms with Crippen molar-refractivity contribution in [2.45, 2.75) is 328 Å². The van der Waals surface area contributed by atoms with Crippen LogP contribution >= 0.6 is 7.82 Å². The second-order valence-electron chi connectivity index (χ2n) is 23.3. The minimum Gasteiger partial charge on any atom is -0.456 e. The largest absolute Gasteiger partial charge is 0.472 e. The molecule has 0 saturated heterocycles. The molecule has 9 nitrogen and oxygen atoms in total. The highest BCUT2D eigenvalue weighted by molar-refractivity contribution is 7.47. The molecule has 0 aliphatic rings. The number of quaternary nitrogens is 1. The molecule has 0 aromatic carbocycles. The number of esters is 1. The summed E-state index contributed by atoms with van der Waals surface area (Å²) in [4.78, 5) is 37.7. The Morgan fingerprint density at radius 1 is 0.467 bits per heavy atom. The molecule has 0 bridgehead atoms. The number of phosphoric acid groups is 1. The van der Waals surface area contributed by atoms with Gasteiger partial charge in [-0.15, -0.1) is 0 Å². The van der Waals surface area contributed by atoms with E-state index in [2.05, 4.69) is 50.4 Å². The van der Waals surface area contributed by atoms with Crippen LogP contribution in [0.3, 0.4) is 0 Å². The van der Waals surface area contributed by atoms with E-state index < -0.39 is 20.0 Å². The van der Waals surface area contributed by atoms with E-state index in [1.165, 1.54) is 205 Å². The highest BCUT2D eigenvalue weighted by Crippen LogP contribution is 2.43. The van der Waals surface area contributed by atoms with Gasteiger partial charge < -0.3 is 19.4 Å². The summed E-state index contributed by atoms with van der Waals surface area (Å²) in [6, 6.07) is -0.847. The van der Waals surface area contributed by atoms with Gasteiger partial charge in [0.1, 0.15) is 19.3 Å². The van der Waals surface area contributed by atoms with Crippen molar-refractivity contribution in [1.29, 1.82) is 0 Å². The van der Waals surface area contributed by atoms with Gasteiger partial charge in [0, 0.05) is 12.8 Å². The van der Waals surface area contributed by atoms with Crippen molar-refractivity contribution < 1.29 is 37.3 Å². The maximum Gasteiger partial charge on any atom is 0.472 e. The Morgan fingerprint density at radius 3 is 1.23 bits per heavy atom. The van der Waals surface area contributed by atoms with Crippen LogP contribution in [0, 0.1) is 0 Å². The van der Waals surface area contributed by atoms with Crippen molar-refractivity contribution in [3.63, 3.8) is 0 Å². The predicted molar refractivity (Wildman–Crippen MR) is 323 cm³/mol. The number of likely N-dealkylation sites (N-methyl/N-ethyl adjacent to an activating group) is 1. The van der Waals surface area contributed by atoms with Gasteiger partial charge in [-0.05, 0) is 63.9 Å². The number of unbranched alkanes of at least 4 members (excludes halogenated alkanes) is 39. The number of rotatable bonds is 59. The van der Waals surface area contributed by atoms with Crippen molar-refractivity contribution in [2.24, 2.45) is 0 Å². The Hall–Kier alpha value is -1.77. The lowest BCUT2D eigenvalue weighted by Crippen LogP contribution is -2.47. The van der Waals surface area contributed by atoms with Crippen molar-refractivity contribution in [3.05, 3.63) is 36.5 Å². The molecule has 0 aromatic heterocycles. The minimum absolute atomic E-state index is 0.0412. The van der Waals surface area contributed by atoms with E-state index in [-0.39, 0.29) is 31.5 Å². The molecular formula is C65H126N2O7P+. The van der Waals surface area contributed by atoms with Crippen LogP contribution < -0.4 is 5.32 Å². The molecule has 0 spiro atoms. The number of ether oxygens (including phenoxy) is 1. The summed E-state index contributed by atoms with van der Waals surface area (Å²) in [6.45, 7) is 7.02. The number of nitrogens with one attached hydrogen (secondary N) is 1. The summed E-state index contributed by atoms with van der Waals surface area (Å²) < 4.78 is 30.7. The highest BCUT2D eigenvalue weighted by Gasteiger charge is 2.30. The van der Waals surface area contributed by atoms with Crippen LogP contribution in [0.5, 0.6) is 0 Å². The zero-order valence-electron chi connectivity index (χ0n) is 50.6. The third-order valence-electron chi connectivity index (χ3n) is 14.6. The number of hydrogen-bond donors (Lipinski definition) is 2. The van der Waals surface area contributed by atoms with Crippen molar-refractivity contribution in [3.8, 4) is 0 Å². The molecule has 0 fully saturated rings. The van der Waals surface area contributed by atoms with Gasteiger partial charge >= 0.3 is 13.8 Å². The van der Waals surface area contributed by atoms with E-state index in [9.17, 15) is 19.0 Å². The van der Waals surface area contributed by atoms with E-state index in [0.717, 1.165) is 77.0 Å². The number of carbonyl (C=O) groups excluding carboxylic acids is 2. The van der Waals surface area contributed by atoms with Crippen molar-refractivity contribution in [1.82, 2.24) is 5.32 Å². The number of hydrogen-bond acceptors (Lipinski definition) is 6. The topological polar surface area (TPSA) is 111 Å². The van der Waals surface area contributed by atoms with Gasteiger partial charge in [-0.3, -0.25) is 18.6 Å². The Labute approximate surface area is 466 Å². The third-order valence-corrected chi connectivity index (χ3v) is 15.6. The Morgan fingerprint density at radius 2 is 0.813 bits per heavy atom. The van der Waals surface area contributed by atoms with E-state index in [0.29, 0.717) is 17.4 Å². The fourth-order valence-electron chi connectivity index (χ4n) is 9.56. The molecule has 0 saturated carbocycles. The number of allylic oxidation sites excluding steroid dienone is 5. The number of carbonyl (C=O) groups is 2. The Kier molecular flexibility index (Phi) is 54.2. The number of amides is 1. The summed E-state index contributed by atoms with van der Waals surface area (Å²) in [6.07, 6.45) is 67.1. The SMILES string of the molecule is CCCCC/C=C\C/C=C\CCCCCCCCCC(=O)OC(/C=C/CCCCCCCCCCC)C(COP(=O)(O)OCC[N+](C)(C)C)NC(=O)CCCCCCCCCCCCCCCCCCCCCCC. The molecule has 75 heavy (non-hydrogen) atoms. The molecular weight excluding hydrogens is 952 g/mol. The highest BCUT2D eigenvalue weighted by atomic mass is 31.2. The smallest absolute Gasteiger partial charge is 0.456 e. The first kappa shape index (κ1) is 73.2. The molecule has 0 rings (SSSR count). The van der Waals surface area contributed by atoms with E-state index >= 15 is 0 Å². The van der Waals surface area contributed by atoms with Crippen molar-refractivity contribution in [2.75, 3.05) is 40.9 Å². The molecule has 0 heterocycles. The summed E-state index contributed by atoms with van der Waals surface area (Å²) in [5.74, 6) is -0.500. The molecule has 0 aliphatic carbocycles. The van der Waals surface area contributed by atoms with Crippen LogP contribution in [0.4, 0.5) is 0 Å². The summed E-state index contributed by atoms with van der Waals surface area (Å²) in [5.41, 5.74) is 0. The maximum atomic E-state index is 13.6. The van der Waals surface area contributed by atoms with Gasteiger partial charge in [0.05, 0.1) is 33.8 Å². The molecule has 3 atom stereocenters. The van der Waals surface area contributed by atoms with Crippen LogP contribution in [0.1, 0.15) is 316 Å². The van der Waals surface area contributed by atoms with E-state index in [1.807, 2.05) is 33.3 Å². The van der Waals surface area contributed by atoms with Gasteiger partial charge in [0.15, 0.2) is 0 Å². The van der Waals surface area contributed by atoms with Gasteiger partial charge in [-0.25, -0.2) is 4.57 Å². The van der Waals surface area contributed by atoms with Gasteiger partial charge in [-0.2, -0.15) is 0 Å². The number of nitrogens with zero attached hydrogens (tertiary/aromatic N) is 1. The molecule has 0 aromatic rings. The first-order valence-electron chi connectivity index (χ1n) is 32.3. The normalized spacial score (nSPS) is 13.9. The van der Waals surface area contributed by atoms with Crippen LogP contribution in [-0.4, -0.2) is 74.3 Å².